The molecule has 2 aromatic rings. The highest BCUT2D eigenvalue weighted by Crippen LogP contribution is 2.20. The molecule has 2 amide bonds. The van der Waals surface area contributed by atoms with Crippen molar-refractivity contribution in [3.05, 3.63) is 59.9 Å². The summed E-state index contributed by atoms with van der Waals surface area (Å²) >= 11 is 0. The molecule has 1 unspecified atom stereocenters. The summed E-state index contributed by atoms with van der Waals surface area (Å²) in [5.41, 5.74) is 1.64. The minimum atomic E-state index is -0.271. The zero-order valence-electron chi connectivity index (χ0n) is 18.1. The number of anilines is 1. The second-order valence-electron chi connectivity index (χ2n) is 8.58. The number of benzene rings is 2. The maximum absolute atomic E-state index is 13.3. The van der Waals surface area contributed by atoms with E-state index in [1.54, 1.807) is 12.1 Å². The third-order valence-electron chi connectivity index (χ3n) is 5.23. The van der Waals surface area contributed by atoms with Gasteiger partial charge >= 0.3 is 6.03 Å². The quantitative estimate of drug-likeness (QED) is 0.673. The lowest BCUT2D eigenvalue weighted by atomic mass is 10.1. The fraction of sp³-hybridized carbons (Fsp3) is 0.458. The Morgan fingerprint density at radius 3 is 2.50 bits per heavy atom. The maximum atomic E-state index is 13.3. The Kier molecular flexibility index (Phi) is 7.69. The van der Waals surface area contributed by atoms with E-state index in [-0.39, 0.29) is 11.8 Å². The van der Waals surface area contributed by atoms with E-state index >= 15 is 0 Å². The molecule has 30 heavy (non-hydrogen) atoms. The summed E-state index contributed by atoms with van der Waals surface area (Å²) in [5, 5.41) is 2.99. The molecule has 3 rings (SSSR count). The van der Waals surface area contributed by atoms with Gasteiger partial charge in [0.05, 0.1) is 6.61 Å². The minimum Gasteiger partial charge on any atom is -0.493 e. The van der Waals surface area contributed by atoms with Crippen molar-refractivity contribution in [3.63, 3.8) is 0 Å². The molecule has 5 nitrogen and oxygen atoms in total. The molecule has 0 radical (unpaired) electrons. The average molecular weight is 414 g/mol. The van der Waals surface area contributed by atoms with Crippen LogP contribution in [0.2, 0.25) is 0 Å². The number of rotatable bonds is 8. The first-order chi connectivity index (χ1) is 14.4. The summed E-state index contributed by atoms with van der Waals surface area (Å²) < 4.78 is 19.0. The largest absolute Gasteiger partial charge is 0.493 e. The molecule has 0 saturated carbocycles. The normalized spacial score (nSPS) is 16.6. The van der Waals surface area contributed by atoms with Crippen LogP contribution in [0.3, 0.4) is 0 Å². The molecule has 162 valence electrons. The Morgan fingerprint density at radius 2 is 1.90 bits per heavy atom. The average Bonchev–Trinajstić information content (AvgIpc) is 3.13. The van der Waals surface area contributed by atoms with Gasteiger partial charge in [-0.15, -0.1) is 0 Å². The monoisotopic (exact) mass is 413 g/mol. The van der Waals surface area contributed by atoms with E-state index in [0.717, 1.165) is 36.5 Å². The maximum Gasteiger partial charge on any atom is 0.322 e. The first-order valence-electron chi connectivity index (χ1n) is 10.6. The third-order valence-corrected chi connectivity index (χ3v) is 5.23. The smallest absolute Gasteiger partial charge is 0.322 e. The van der Waals surface area contributed by atoms with Gasteiger partial charge in [0.15, 0.2) is 0 Å². The Labute approximate surface area is 178 Å². The van der Waals surface area contributed by atoms with Crippen LogP contribution in [0.15, 0.2) is 48.5 Å². The molecule has 1 aliphatic heterocycles. The SMILES string of the molecule is CC(C)COc1ccc(NC(=O)N(Cc2ccc(F)cc2)CC2CCN(C)C2)cc1. The molecule has 1 N–H and O–H groups in total. The van der Waals surface area contributed by atoms with Crippen LogP contribution < -0.4 is 10.1 Å². The number of hydrogen-bond donors (Lipinski definition) is 1. The zero-order valence-corrected chi connectivity index (χ0v) is 18.1. The number of ether oxygens (including phenoxy) is 1. The number of urea groups is 1. The van der Waals surface area contributed by atoms with E-state index in [2.05, 4.69) is 31.1 Å². The third kappa shape index (κ3) is 6.73. The first-order valence-corrected chi connectivity index (χ1v) is 10.6. The molecule has 1 aliphatic rings. The van der Waals surface area contributed by atoms with E-state index in [9.17, 15) is 9.18 Å². The van der Waals surface area contributed by atoms with Crippen LogP contribution >= 0.6 is 0 Å². The highest BCUT2D eigenvalue weighted by Gasteiger charge is 2.24. The van der Waals surface area contributed by atoms with Crippen molar-refractivity contribution in [1.82, 2.24) is 9.80 Å². The summed E-state index contributed by atoms with van der Waals surface area (Å²) in [6.07, 6.45) is 1.07. The molecule has 0 aromatic heterocycles. The molecule has 6 heteroatoms. The highest BCUT2D eigenvalue weighted by atomic mass is 19.1. The van der Waals surface area contributed by atoms with Crippen molar-refractivity contribution in [2.45, 2.75) is 26.8 Å². The van der Waals surface area contributed by atoms with Crippen molar-refractivity contribution < 1.29 is 13.9 Å². The molecule has 1 fully saturated rings. The molecule has 0 spiro atoms. The first kappa shape index (κ1) is 22.1. The van der Waals surface area contributed by atoms with E-state index < -0.39 is 0 Å². The molecular weight excluding hydrogens is 381 g/mol. The molecular formula is C24H32FN3O2. The Morgan fingerprint density at radius 1 is 1.20 bits per heavy atom. The van der Waals surface area contributed by atoms with E-state index in [0.29, 0.717) is 31.5 Å². The molecule has 2 aromatic carbocycles. The predicted molar refractivity (Wildman–Crippen MR) is 118 cm³/mol. The Balaban J connectivity index is 1.65. The van der Waals surface area contributed by atoms with Crippen molar-refractivity contribution in [2.24, 2.45) is 11.8 Å². The van der Waals surface area contributed by atoms with Crippen LogP contribution in [0, 0.1) is 17.7 Å². The van der Waals surface area contributed by atoms with Gasteiger partial charge in [-0.05, 0) is 73.8 Å². The van der Waals surface area contributed by atoms with Gasteiger partial charge in [-0.1, -0.05) is 26.0 Å². The van der Waals surface area contributed by atoms with E-state index in [1.807, 2.05) is 29.2 Å². The number of amides is 2. The summed E-state index contributed by atoms with van der Waals surface area (Å²) in [6.45, 7) is 8.01. The van der Waals surface area contributed by atoms with Gasteiger partial charge in [0, 0.05) is 25.3 Å². The van der Waals surface area contributed by atoms with Gasteiger partial charge in [0.2, 0.25) is 0 Å². The van der Waals surface area contributed by atoms with Gasteiger partial charge in [0.25, 0.3) is 0 Å². The van der Waals surface area contributed by atoms with Crippen molar-refractivity contribution >= 4 is 11.7 Å². The summed E-state index contributed by atoms with van der Waals surface area (Å²) in [5.74, 6) is 1.41. The number of carbonyl (C=O) groups excluding carboxylic acids is 1. The standard InChI is InChI=1S/C24H32FN3O2/c1-18(2)17-30-23-10-8-22(9-11-23)26-24(29)28(16-20-12-13-27(3)14-20)15-19-4-6-21(25)7-5-19/h4-11,18,20H,12-17H2,1-3H3,(H,26,29). The summed E-state index contributed by atoms with van der Waals surface area (Å²) in [4.78, 5) is 17.2. The van der Waals surface area contributed by atoms with Crippen LogP contribution in [-0.2, 0) is 6.54 Å². The zero-order chi connectivity index (χ0) is 21.5. The van der Waals surface area contributed by atoms with Crippen LogP contribution in [-0.4, -0.2) is 49.1 Å². The Bertz CT molecular complexity index is 808. The Hall–Kier alpha value is -2.60. The van der Waals surface area contributed by atoms with Crippen LogP contribution in [0.4, 0.5) is 14.9 Å². The highest BCUT2D eigenvalue weighted by molar-refractivity contribution is 5.89. The van der Waals surface area contributed by atoms with Gasteiger partial charge in [-0.25, -0.2) is 9.18 Å². The van der Waals surface area contributed by atoms with Crippen molar-refractivity contribution in [1.29, 1.82) is 0 Å². The van der Waals surface area contributed by atoms with Gasteiger partial charge in [0.1, 0.15) is 11.6 Å². The molecule has 1 heterocycles. The van der Waals surface area contributed by atoms with Crippen LogP contribution in [0.25, 0.3) is 0 Å². The topological polar surface area (TPSA) is 44.8 Å². The fourth-order valence-corrected chi connectivity index (χ4v) is 3.62. The van der Waals surface area contributed by atoms with Gasteiger partial charge < -0.3 is 19.9 Å². The lowest BCUT2D eigenvalue weighted by Gasteiger charge is -2.26. The second-order valence-corrected chi connectivity index (χ2v) is 8.58. The van der Waals surface area contributed by atoms with E-state index in [4.69, 9.17) is 4.74 Å². The number of hydrogen-bond acceptors (Lipinski definition) is 3. The lowest BCUT2D eigenvalue weighted by molar-refractivity contribution is 0.198. The number of nitrogens with one attached hydrogen (secondary N) is 1. The second kappa shape index (κ2) is 10.4. The molecule has 1 atom stereocenters. The number of halogens is 1. The number of likely N-dealkylation sites (tertiary alicyclic amines) is 1. The van der Waals surface area contributed by atoms with Gasteiger partial charge in [-0.3, -0.25) is 0 Å². The van der Waals surface area contributed by atoms with Crippen molar-refractivity contribution in [3.8, 4) is 5.75 Å². The molecule has 0 aliphatic carbocycles. The summed E-state index contributed by atoms with van der Waals surface area (Å²) in [6, 6.07) is 13.6. The van der Waals surface area contributed by atoms with Gasteiger partial charge in [-0.2, -0.15) is 0 Å². The molecule has 0 bridgehead atoms. The van der Waals surface area contributed by atoms with E-state index in [1.165, 1.54) is 12.1 Å². The molecule has 1 saturated heterocycles. The number of nitrogens with zero attached hydrogens (tertiary/aromatic N) is 2. The predicted octanol–water partition coefficient (Wildman–Crippen LogP) is 4.85. The lowest BCUT2D eigenvalue weighted by Crippen LogP contribution is -2.38. The summed E-state index contributed by atoms with van der Waals surface area (Å²) in [7, 11) is 2.10. The van der Waals surface area contributed by atoms with Crippen molar-refractivity contribution in [2.75, 3.05) is 38.6 Å². The number of carbonyl (C=O) groups is 1. The van der Waals surface area contributed by atoms with Crippen LogP contribution in [0.5, 0.6) is 5.75 Å². The van der Waals surface area contributed by atoms with Crippen LogP contribution in [0.1, 0.15) is 25.8 Å². The minimum absolute atomic E-state index is 0.148. The fourth-order valence-electron chi connectivity index (χ4n) is 3.62.